The zero-order chi connectivity index (χ0) is 15.1. The molecule has 0 aliphatic carbocycles. The average Bonchev–Trinajstić information content (AvgIpc) is 3.18. The minimum atomic E-state index is -0.345. The van der Waals surface area contributed by atoms with E-state index in [0.29, 0.717) is 10.6 Å². The van der Waals surface area contributed by atoms with Gasteiger partial charge in [0.2, 0.25) is 0 Å². The number of nitrogens with one attached hydrogen (secondary N) is 2. The van der Waals surface area contributed by atoms with E-state index in [2.05, 4.69) is 21.0 Å². The Kier molecular flexibility index (Phi) is 3.37. The van der Waals surface area contributed by atoms with E-state index in [1.54, 1.807) is 40.9 Å². The van der Waals surface area contributed by atoms with Crippen molar-refractivity contribution < 1.29 is 4.79 Å². The lowest BCUT2D eigenvalue weighted by atomic mass is 10.1. The smallest absolute Gasteiger partial charge is 0.255 e. The fourth-order valence-corrected chi connectivity index (χ4v) is 4.05. The Hall–Kier alpha value is -1.89. The second-order valence-corrected chi connectivity index (χ2v) is 6.90. The van der Waals surface area contributed by atoms with E-state index >= 15 is 0 Å². The molecule has 1 aliphatic rings. The average molecular weight is 348 g/mol. The molecule has 22 heavy (non-hydrogen) atoms. The molecule has 2 N–H and O–H groups in total. The van der Waals surface area contributed by atoms with Crippen LogP contribution in [0.3, 0.4) is 0 Å². The van der Waals surface area contributed by atoms with Gasteiger partial charge in [0.1, 0.15) is 11.2 Å². The summed E-state index contributed by atoms with van der Waals surface area (Å²) in [6, 6.07) is 7.22. The van der Waals surface area contributed by atoms with E-state index in [1.807, 2.05) is 16.8 Å². The molecule has 7 heteroatoms. The minimum Gasteiger partial charge on any atom is -0.360 e. The lowest BCUT2D eigenvalue weighted by Gasteiger charge is -2.26. The number of nitrogens with zero attached hydrogens (tertiary/aromatic N) is 1. The molecular weight excluding hydrogens is 338 g/mol. The summed E-state index contributed by atoms with van der Waals surface area (Å²) in [6.45, 7) is 0. The first kappa shape index (κ1) is 13.8. The van der Waals surface area contributed by atoms with Crippen molar-refractivity contribution in [1.82, 2.24) is 10.3 Å². The zero-order valence-corrected chi connectivity index (χ0v) is 13.6. The SMILES string of the molecule is O=C1NC(c2csc(-c3ccsc3)n2)Nc2cc(Cl)ccc21. The lowest BCUT2D eigenvalue weighted by Crippen LogP contribution is -2.38. The first-order chi connectivity index (χ1) is 10.7. The van der Waals surface area contributed by atoms with Gasteiger partial charge < -0.3 is 10.6 Å². The number of rotatable bonds is 2. The highest BCUT2D eigenvalue weighted by Crippen LogP contribution is 2.32. The molecule has 110 valence electrons. The van der Waals surface area contributed by atoms with E-state index < -0.39 is 0 Å². The van der Waals surface area contributed by atoms with Crippen LogP contribution in [0.5, 0.6) is 0 Å². The van der Waals surface area contributed by atoms with E-state index in [-0.39, 0.29) is 12.1 Å². The van der Waals surface area contributed by atoms with Gasteiger partial charge in [-0.3, -0.25) is 4.79 Å². The van der Waals surface area contributed by atoms with Crippen molar-refractivity contribution in [2.75, 3.05) is 5.32 Å². The van der Waals surface area contributed by atoms with Gasteiger partial charge in [-0.25, -0.2) is 4.98 Å². The van der Waals surface area contributed by atoms with Crippen molar-refractivity contribution in [2.45, 2.75) is 6.17 Å². The summed E-state index contributed by atoms with van der Waals surface area (Å²) in [5.74, 6) is -0.125. The molecule has 1 aliphatic heterocycles. The third-order valence-corrected chi connectivity index (χ3v) is 5.22. The van der Waals surface area contributed by atoms with Crippen LogP contribution in [-0.4, -0.2) is 10.9 Å². The molecule has 0 fully saturated rings. The summed E-state index contributed by atoms with van der Waals surface area (Å²) in [5.41, 5.74) is 3.22. The van der Waals surface area contributed by atoms with E-state index in [4.69, 9.17) is 11.6 Å². The van der Waals surface area contributed by atoms with Gasteiger partial charge in [0, 0.05) is 21.3 Å². The molecule has 0 bridgehead atoms. The summed E-state index contributed by atoms with van der Waals surface area (Å²) in [5, 5.41) is 13.8. The van der Waals surface area contributed by atoms with Gasteiger partial charge in [-0.2, -0.15) is 11.3 Å². The molecule has 3 aromatic rings. The van der Waals surface area contributed by atoms with E-state index in [9.17, 15) is 4.79 Å². The Morgan fingerprint density at radius 3 is 2.91 bits per heavy atom. The van der Waals surface area contributed by atoms with E-state index in [1.165, 1.54) is 0 Å². The van der Waals surface area contributed by atoms with Crippen LogP contribution in [0, 0.1) is 0 Å². The van der Waals surface area contributed by atoms with Crippen LogP contribution in [0.4, 0.5) is 5.69 Å². The Morgan fingerprint density at radius 1 is 1.18 bits per heavy atom. The molecule has 2 aromatic heterocycles. The van der Waals surface area contributed by atoms with Crippen LogP contribution in [0.2, 0.25) is 5.02 Å². The highest BCUT2D eigenvalue weighted by atomic mass is 35.5. The number of benzene rings is 1. The molecular formula is C15H10ClN3OS2. The monoisotopic (exact) mass is 347 g/mol. The number of carbonyl (C=O) groups excluding carboxylic acids is 1. The molecule has 1 unspecified atom stereocenters. The number of hydrogen-bond donors (Lipinski definition) is 2. The number of hydrogen-bond acceptors (Lipinski definition) is 5. The largest absolute Gasteiger partial charge is 0.360 e. The standard InChI is InChI=1S/C15H10ClN3OS2/c16-9-1-2-10-11(5-9)17-13(19-14(10)20)12-7-22-15(18-12)8-3-4-21-6-8/h1-7,13,17H,(H,19,20). The molecule has 1 atom stereocenters. The van der Waals surface area contributed by atoms with Crippen LogP contribution in [0.1, 0.15) is 22.2 Å². The number of aromatic nitrogens is 1. The molecule has 0 spiro atoms. The molecule has 0 saturated carbocycles. The molecule has 1 aromatic carbocycles. The molecule has 1 amide bonds. The second kappa shape index (κ2) is 5.39. The first-order valence-corrected chi connectivity index (χ1v) is 8.76. The van der Waals surface area contributed by atoms with Gasteiger partial charge >= 0.3 is 0 Å². The summed E-state index contributed by atoms with van der Waals surface area (Å²) in [4.78, 5) is 16.8. The number of carbonyl (C=O) groups is 1. The maximum absolute atomic E-state index is 12.2. The Bertz CT molecular complexity index is 844. The zero-order valence-electron chi connectivity index (χ0n) is 11.2. The summed E-state index contributed by atoms with van der Waals surface area (Å²) in [7, 11) is 0. The van der Waals surface area contributed by atoms with Gasteiger partial charge in [0.25, 0.3) is 5.91 Å². The summed E-state index contributed by atoms with van der Waals surface area (Å²) >= 11 is 9.21. The highest BCUT2D eigenvalue weighted by Gasteiger charge is 2.26. The van der Waals surface area contributed by atoms with Crippen molar-refractivity contribution >= 4 is 45.9 Å². The number of halogens is 1. The van der Waals surface area contributed by atoms with Crippen molar-refractivity contribution in [3.8, 4) is 10.6 Å². The van der Waals surface area contributed by atoms with Crippen molar-refractivity contribution in [3.63, 3.8) is 0 Å². The summed E-state index contributed by atoms with van der Waals surface area (Å²) < 4.78 is 0. The second-order valence-electron chi connectivity index (χ2n) is 4.83. The van der Waals surface area contributed by atoms with Crippen molar-refractivity contribution in [2.24, 2.45) is 0 Å². The fourth-order valence-electron chi connectivity index (χ4n) is 2.32. The third-order valence-electron chi connectivity index (χ3n) is 3.39. The molecule has 3 heterocycles. The normalized spacial score (nSPS) is 16.8. The Morgan fingerprint density at radius 2 is 2.09 bits per heavy atom. The quantitative estimate of drug-likeness (QED) is 0.723. The maximum Gasteiger partial charge on any atom is 0.255 e. The number of thiazole rings is 1. The number of thiophene rings is 1. The number of amides is 1. The highest BCUT2D eigenvalue weighted by molar-refractivity contribution is 7.14. The Labute approximate surface area is 139 Å². The van der Waals surface area contributed by atoms with Gasteiger partial charge in [0.05, 0.1) is 16.9 Å². The van der Waals surface area contributed by atoms with E-state index in [0.717, 1.165) is 22.0 Å². The van der Waals surface area contributed by atoms with Crippen LogP contribution in [-0.2, 0) is 0 Å². The van der Waals surface area contributed by atoms with Gasteiger partial charge in [0.15, 0.2) is 0 Å². The summed E-state index contributed by atoms with van der Waals surface area (Å²) in [6.07, 6.45) is -0.345. The predicted molar refractivity (Wildman–Crippen MR) is 90.7 cm³/mol. The van der Waals surface area contributed by atoms with Crippen LogP contribution in [0.15, 0.2) is 40.4 Å². The molecule has 4 rings (SSSR count). The van der Waals surface area contributed by atoms with Crippen molar-refractivity contribution in [1.29, 1.82) is 0 Å². The maximum atomic E-state index is 12.2. The minimum absolute atomic E-state index is 0.125. The third kappa shape index (κ3) is 2.39. The molecule has 4 nitrogen and oxygen atoms in total. The van der Waals surface area contributed by atoms with Gasteiger partial charge in [-0.15, -0.1) is 11.3 Å². The first-order valence-electron chi connectivity index (χ1n) is 6.55. The topological polar surface area (TPSA) is 54.0 Å². The lowest BCUT2D eigenvalue weighted by molar-refractivity contribution is 0.0935. The van der Waals surface area contributed by atoms with Crippen LogP contribution < -0.4 is 10.6 Å². The number of anilines is 1. The van der Waals surface area contributed by atoms with Crippen LogP contribution in [0.25, 0.3) is 10.6 Å². The van der Waals surface area contributed by atoms with Gasteiger partial charge in [-0.05, 0) is 29.6 Å². The Balaban J connectivity index is 1.66. The predicted octanol–water partition coefficient (Wildman–Crippen LogP) is 4.38. The fraction of sp³-hybridized carbons (Fsp3) is 0.0667. The van der Waals surface area contributed by atoms with Crippen LogP contribution >= 0.6 is 34.3 Å². The molecule has 0 saturated heterocycles. The molecule has 0 radical (unpaired) electrons. The van der Waals surface area contributed by atoms with Gasteiger partial charge in [-0.1, -0.05) is 11.6 Å². The van der Waals surface area contributed by atoms with Crippen molar-refractivity contribution in [3.05, 3.63) is 56.7 Å². The number of fused-ring (bicyclic) bond motifs is 1.